The number of hydrogen-bond acceptors (Lipinski definition) is 4. The van der Waals surface area contributed by atoms with E-state index < -0.39 is 7.32 Å². The standard InChI is InChI=1S/CH2BNO3.2Na.2H/c3-1-6-2(4)5;;;;/h4-5H;;;;/q;2*+1;2*-1. The molecule has 0 aromatic rings. The van der Waals surface area contributed by atoms with Gasteiger partial charge >= 0.3 is 66.4 Å². The molecule has 0 saturated carbocycles. The molecule has 0 rings (SSSR count). The summed E-state index contributed by atoms with van der Waals surface area (Å²) in [5.41, 5.74) is 0. The molecule has 4 nitrogen and oxygen atoms in total. The van der Waals surface area contributed by atoms with Crippen LogP contribution in [0.4, 0.5) is 0 Å². The molecule has 0 aromatic carbocycles. The van der Waals surface area contributed by atoms with Crippen LogP contribution in [0.15, 0.2) is 0 Å². The summed E-state index contributed by atoms with van der Waals surface area (Å²) in [4.78, 5) is 0. The summed E-state index contributed by atoms with van der Waals surface area (Å²) in [5.74, 6) is 0. The van der Waals surface area contributed by atoms with E-state index in [9.17, 15) is 0 Å². The smallest absolute Gasteiger partial charge is 1.00 e. The predicted molar refractivity (Wildman–Crippen MR) is 19.1 cm³/mol. The van der Waals surface area contributed by atoms with Gasteiger partial charge in [-0.1, -0.05) is 0 Å². The van der Waals surface area contributed by atoms with E-state index in [1.807, 2.05) is 0 Å². The van der Waals surface area contributed by atoms with Crippen LogP contribution in [-0.4, -0.2) is 17.4 Å². The monoisotopic (exact) mass is 135 g/mol. The fraction of sp³-hybridized carbons (Fsp3) is 0. The van der Waals surface area contributed by atoms with E-state index in [1.54, 1.807) is 0 Å². The Bertz CT molecular complexity index is 79.4. The zero-order valence-corrected chi connectivity index (χ0v) is 8.83. The summed E-state index contributed by atoms with van der Waals surface area (Å²) in [5, 5.41) is 22.8. The Morgan fingerprint density at radius 2 is 1.88 bits per heavy atom. The molecule has 7 heteroatoms. The minimum Gasteiger partial charge on any atom is -1.00 e. The van der Waals surface area contributed by atoms with Crippen molar-refractivity contribution in [2.24, 2.45) is 0 Å². The van der Waals surface area contributed by atoms with Crippen molar-refractivity contribution in [3.05, 3.63) is 0 Å². The summed E-state index contributed by atoms with van der Waals surface area (Å²) >= 11 is 0. The number of nitriles is 1. The van der Waals surface area contributed by atoms with Gasteiger partial charge < -0.3 is 17.6 Å². The van der Waals surface area contributed by atoms with Gasteiger partial charge in [0.05, 0.1) is 0 Å². The van der Waals surface area contributed by atoms with Crippen LogP contribution < -0.4 is 59.1 Å². The van der Waals surface area contributed by atoms with E-state index in [1.165, 1.54) is 0 Å². The van der Waals surface area contributed by atoms with Crippen LogP contribution in [0.1, 0.15) is 2.85 Å². The molecule has 0 aliphatic heterocycles. The molecule has 0 heterocycles. The van der Waals surface area contributed by atoms with E-state index in [-0.39, 0.29) is 62.0 Å². The first-order chi connectivity index (χ1) is 2.77. The van der Waals surface area contributed by atoms with Gasteiger partial charge in [0, 0.05) is 0 Å². The second kappa shape index (κ2) is 11.1. The number of hydrogen-bond donors (Lipinski definition) is 2. The molecule has 0 amide bonds. The zero-order valence-electron chi connectivity index (χ0n) is 6.83. The molecule has 36 valence electrons. The summed E-state index contributed by atoms with van der Waals surface area (Å²) < 4.78 is 3.46. The summed E-state index contributed by atoms with van der Waals surface area (Å²) in [6.07, 6.45) is 1.07. The average Bonchev–Trinajstić information content (AvgIpc) is 1.35. The van der Waals surface area contributed by atoms with Crippen LogP contribution >= 0.6 is 0 Å². The first-order valence-corrected chi connectivity index (χ1v) is 1.18. The van der Waals surface area contributed by atoms with Crippen LogP contribution in [0.3, 0.4) is 0 Å². The number of rotatable bonds is 1. The maximum atomic E-state index is 7.66. The molecule has 0 aromatic heterocycles. The van der Waals surface area contributed by atoms with Crippen LogP contribution in [0, 0.1) is 11.5 Å². The Hall–Kier alpha value is 1.27. The van der Waals surface area contributed by atoms with Gasteiger partial charge in [0.15, 0.2) is 0 Å². The van der Waals surface area contributed by atoms with Crippen LogP contribution in [0.2, 0.25) is 0 Å². The average molecular weight is 135 g/mol. The van der Waals surface area contributed by atoms with E-state index in [0.29, 0.717) is 0 Å². The third-order valence-electron chi connectivity index (χ3n) is 0.158. The van der Waals surface area contributed by atoms with Gasteiger partial charge in [-0.15, -0.1) is 0 Å². The molecule has 0 fully saturated rings. The topological polar surface area (TPSA) is 73.5 Å². The Morgan fingerprint density at radius 1 is 1.50 bits per heavy atom. The molecule has 0 bridgehead atoms. The fourth-order valence-electron chi connectivity index (χ4n) is 0.0471. The van der Waals surface area contributed by atoms with Crippen molar-refractivity contribution in [2.45, 2.75) is 0 Å². The van der Waals surface area contributed by atoms with Crippen LogP contribution in [0.25, 0.3) is 0 Å². The Labute approximate surface area is 94.6 Å². The Kier molecular flexibility index (Phi) is 22.4. The summed E-state index contributed by atoms with van der Waals surface area (Å²) in [7, 11) is -1.96. The second-order valence-corrected chi connectivity index (χ2v) is 0.535. The maximum Gasteiger partial charge on any atom is 1.00 e. The predicted octanol–water partition coefficient (Wildman–Crippen LogP) is -7.31. The first-order valence-electron chi connectivity index (χ1n) is 1.18. The summed E-state index contributed by atoms with van der Waals surface area (Å²) in [6.45, 7) is 0. The molecule has 0 aliphatic carbocycles. The first kappa shape index (κ1) is 16.1. The SMILES string of the molecule is N#COB(O)O.[H-].[H-].[Na+].[Na+]. The molecule has 0 radical (unpaired) electrons. The van der Waals surface area contributed by atoms with Gasteiger partial charge in [0.25, 0.3) is 6.26 Å². The molecule has 0 atom stereocenters. The molecule has 0 saturated heterocycles. The fourth-order valence-corrected chi connectivity index (χ4v) is 0.0471. The Balaban J connectivity index is -0.0000000208. The van der Waals surface area contributed by atoms with Crippen molar-refractivity contribution in [1.82, 2.24) is 0 Å². The van der Waals surface area contributed by atoms with E-state index in [4.69, 9.17) is 15.3 Å². The molecule has 0 spiro atoms. The number of nitrogens with zero attached hydrogens (tertiary/aromatic N) is 1. The maximum absolute atomic E-state index is 7.66. The summed E-state index contributed by atoms with van der Waals surface area (Å²) in [6, 6.07) is 0. The van der Waals surface area contributed by atoms with Crippen molar-refractivity contribution in [1.29, 1.82) is 5.26 Å². The van der Waals surface area contributed by atoms with Crippen molar-refractivity contribution in [3.8, 4) is 6.26 Å². The third-order valence-corrected chi connectivity index (χ3v) is 0.158. The molecule has 0 unspecified atom stereocenters. The van der Waals surface area contributed by atoms with E-state index in [2.05, 4.69) is 4.65 Å². The van der Waals surface area contributed by atoms with Gasteiger partial charge in [0.1, 0.15) is 0 Å². The molecule has 8 heavy (non-hydrogen) atoms. The Morgan fingerprint density at radius 3 is 1.88 bits per heavy atom. The van der Waals surface area contributed by atoms with Gasteiger partial charge in [-0.2, -0.15) is 5.26 Å². The zero-order chi connectivity index (χ0) is 4.99. The minimum absolute atomic E-state index is 0. The molecule has 0 aliphatic rings. The quantitative estimate of drug-likeness (QED) is 0.276. The van der Waals surface area contributed by atoms with Crippen molar-refractivity contribution < 1.29 is 76.7 Å². The second-order valence-electron chi connectivity index (χ2n) is 0.535. The normalized spacial score (nSPS) is 4.62. The largest absolute Gasteiger partial charge is 1.00 e. The van der Waals surface area contributed by atoms with Crippen molar-refractivity contribution >= 4 is 7.32 Å². The van der Waals surface area contributed by atoms with Crippen molar-refractivity contribution in [3.63, 3.8) is 0 Å². The van der Waals surface area contributed by atoms with Crippen LogP contribution in [0.5, 0.6) is 0 Å². The molecular formula is CH4BNNa2O3. The molecule has 2 N–H and O–H groups in total. The van der Waals surface area contributed by atoms with Gasteiger partial charge in [-0.25, -0.2) is 0 Å². The van der Waals surface area contributed by atoms with Gasteiger partial charge in [-0.3, -0.25) is 0 Å². The minimum atomic E-state index is -1.96. The molecular weight excluding hydrogens is 131 g/mol. The van der Waals surface area contributed by atoms with Crippen molar-refractivity contribution in [2.75, 3.05) is 0 Å². The van der Waals surface area contributed by atoms with Gasteiger partial charge in [0.2, 0.25) is 0 Å². The van der Waals surface area contributed by atoms with Crippen LogP contribution in [-0.2, 0) is 4.65 Å². The van der Waals surface area contributed by atoms with E-state index >= 15 is 0 Å². The van der Waals surface area contributed by atoms with E-state index in [0.717, 1.165) is 6.26 Å². The third kappa shape index (κ3) is 15.7. The van der Waals surface area contributed by atoms with Gasteiger partial charge in [-0.05, 0) is 0 Å².